The first kappa shape index (κ1) is 9.92. The lowest BCUT2D eigenvalue weighted by molar-refractivity contribution is 0.503. The Balaban J connectivity index is 2.64. The standard InChI is InChI=1S/C9H11FN2S/c1-12(9(11)13)6-7-2-4-8(10)5-3-7/h2-5H,6H2,1H3,(H2,11,13). The van der Waals surface area contributed by atoms with Gasteiger partial charge in [0.15, 0.2) is 5.11 Å². The van der Waals surface area contributed by atoms with Crippen molar-refractivity contribution in [1.82, 2.24) is 4.90 Å². The van der Waals surface area contributed by atoms with E-state index in [1.54, 1.807) is 24.1 Å². The Bertz CT molecular complexity index is 297. The molecular formula is C9H11FN2S. The van der Waals surface area contributed by atoms with Gasteiger partial charge in [-0.1, -0.05) is 12.1 Å². The SMILES string of the molecule is CN(Cc1ccc(F)cc1)C(N)=S. The van der Waals surface area contributed by atoms with Gasteiger partial charge in [0.2, 0.25) is 0 Å². The van der Waals surface area contributed by atoms with Crippen molar-refractivity contribution in [3.05, 3.63) is 35.6 Å². The summed E-state index contributed by atoms with van der Waals surface area (Å²) in [6.45, 7) is 0.607. The molecule has 0 spiro atoms. The molecule has 2 N–H and O–H groups in total. The zero-order chi connectivity index (χ0) is 9.84. The second-order valence-electron chi connectivity index (χ2n) is 2.82. The minimum atomic E-state index is -0.235. The number of hydrogen-bond acceptors (Lipinski definition) is 1. The average Bonchev–Trinajstić information content (AvgIpc) is 2.08. The molecule has 0 bridgehead atoms. The number of hydrogen-bond donors (Lipinski definition) is 1. The summed E-state index contributed by atoms with van der Waals surface area (Å²) in [5.41, 5.74) is 6.38. The van der Waals surface area contributed by atoms with E-state index in [4.69, 9.17) is 18.0 Å². The summed E-state index contributed by atoms with van der Waals surface area (Å²) in [5, 5.41) is 0.337. The number of benzene rings is 1. The maximum atomic E-state index is 12.5. The molecule has 0 atom stereocenters. The van der Waals surface area contributed by atoms with Gasteiger partial charge in [0.05, 0.1) is 0 Å². The highest BCUT2D eigenvalue weighted by Crippen LogP contribution is 2.04. The van der Waals surface area contributed by atoms with Crippen LogP contribution in [0.5, 0.6) is 0 Å². The molecule has 0 saturated heterocycles. The largest absolute Gasteiger partial charge is 0.376 e. The van der Waals surface area contributed by atoms with Gasteiger partial charge in [0.25, 0.3) is 0 Å². The molecule has 1 rings (SSSR count). The van der Waals surface area contributed by atoms with Gasteiger partial charge >= 0.3 is 0 Å². The first-order valence-electron chi connectivity index (χ1n) is 3.84. The Labute approximate surface area is 82.2 Å². The molecule has 13 heavy (non-hydrogen) atoms. The normalized spacial score (nSPS) is 9.69. The van der Waals surface area contributed by atoms with Gasteiger partial charge in [-0.3, -0.25) is 0 Å². The van der Waals surface area contributed by atoms with E-state index in [1.165, 1.54) is 12.1 Å². The van der Waals surface area contributed by atoms with Crippen LogP contribution in [0.2, 0.25) is 0 Å². The molecule has 70 valence electrons. The Morgan fingerprint density at radius 2 is 2.00 bits per heavy atom. The molecular weight excluding hydrogens is 187 g/mol. The van der Waals surface area contributed by atoms with E-state index < -0.39 is 0 Å². The van der Waals surface area contributed by atoms with Crippen LogP contribution in [0.3, 0.4) is 0 Å². The molecule has 1 aromatic carbocycles. The third-order valence-corrected chi connectivity index (χ3v) is 2.02. The molecule has 0 unspecified atom stereocenters. The van der Waals surface area contributed by atoms with Gasteiger partial charge in [0, 0.05) is 13.6 Å². The van der Waals surface area contributed by atoms with E-state index in [2.05, 4.69) is 0 Å². The zero-order valence-corrected chi connectivity index (χ0v) is 8.14. The van der Waals surface area contributed by atoms with Crippen molar-refractivity contribution in [3.63, 3.8) is 0 Å². The third-order valence-electron chi connectivity index (χ3n) is 1.71. The van der Waals surface area contributed by atoms with Crippen molar-refractivity contribution < 1.29 is 4.39 Å². The first-order valence-corrected chi connectivity index (χ1v) is 4.25. The smallest absolute Gasteiger partial charge is 0.166 e. The number of halogens is 1. The van der Waals surface area contributed by atoms with Crippen LogP contribution in [0.1, 0.15) is 5.56 Å². The van der Waals surface area contributed by atoms with Gasteiger partial charge in [-0.05, 0) is 29.9 Å². The summed E-state index contributed by atoms with van der Waals surface area (Å²) in [5.74, 6) is -0.235. The number of rotatable bonds is 2. The predicted molar refractivity (Wildman–Crippen MR) is 54.7 cm³/mol. The lowest BCUT2D eigenvalue weighted by Crippen LogP contribution is -2.31. The maximum Gasteiger partial charge on any atom is 0.166 e. The number of nitrogens with zero attached hydrogens (tertiary/aromatic N) is 1. The summed E-state index contributed by atoms with van der Waals surface area (Å²) < 4.78 is 12.5. The van der Waals surface area contributed by atoms with Crippen molar-refractivity contribution in [3.8, 4) is 0 Å². The van der Waals surface area contributed by atoms with Crippen LogP contribution >= 0.6 is 12.2 Å². The van der Waals surface area contributed by atoms with Crippen LogP contribution in [0.25, 0.3) is 0 Å². The van der Waals surface area contributed by atoms with Gasteiger partial charge in [-0.2, -0.15) is 0 Å². The van der Waals surface area contributed by atoms with Crippen LogP contribution in [-0.2, 0) is 6.54 Å². The minimum Gasteiger partial charge on any atom is -0.376 e. The summed E-state index contributed by atoms with van der Waals surface area (Å²) in [6, 6.07) is 6.26. The summed E-state index contributed by atoms with van der Waals surface area (Å²) in [6.07, 6.45) is 0. The maximum absolute atomic E-state index is 12.5. The molecule has 0 heterocycles. The van der Waals surface area contributed by atoms with Crippen LogP contribution in [0.4, 0.5) is 4.39 Å². The molecule has 0 aliphatic heterocycles. The quantitative estimate of drug-likeness (QED) is 0.730. The molecule has 2 nitrogen and oxygen atoms in total. The van der Waals surface area contributed by atoms with E-state index in [0.29, 0.717) is 11.7 Å². The van der Waals surface area contributed by atoms with Crippen molar-refractivity contribution in [1.29, 1.82) is 0 Å². The van der Waals surface area contributed by atoms with Gasteiger partial charge < -0.3 is 10.6 Å². The summed E-state index contributed by atoms with van der Waals surface area (Å²) in [4.78, 5) is 1.72. The van der Waals surface area contributed by atoms with Crippen molar-refractivity contribution in [2.24, 2.45) is 5.73 Å². The fourth-order valence-electron chi connectivity index (χ4n) is 0.942. The fourth-order valence-corrected chi connectivity index (χ4v) is 1.01. The highest BCUT2D eigenvalue weighted by molar-refractivity contribution is 7.80. The van der Waals surface area contributed by atoms with Crippen molar-refractivity contribution in [2.75, 3.05) is 7.05 Å². The molecule has 0 saturated carbocycles. The lowest BCUT2D eigenvalue weighted by atomic mass is 10.2. The van der Waals surface area contributed by atoms with Gasteiger partial charge in [0.1, 0.15) is 5.82 Å². The van der Waals surface area contributed by atoms with E-state index in [0.717, 1.165) is 5.56 Å². The van der Waals surface area contributed by atoms with Crippen LogP contribution in [0, 0.1) is 5.82 Å². The molecule has 0 aromatic heterocycles. The third kappa shape index (κ3) is 2.99. The Morgan fingerprint density at radius 1 is 1.46 bits per heavy atom. The van der Waals surface area contributed by atoms with E-state index in [-0.39, 0.29) is 5.82 Å². The molecule has 0 amide bonds. The van der Waals surface area contributed by atoms with Crippen molar-refractivity contribution in [2.45, 2.75) is 6.54 Å². The molecule has 0 fully saturated rings. The lowest BCUT2D eigenvalue weighted by Gasteiger charge is -2.16. The van der Waals surface area contributed by atoms with Crippen molar-refractivity contribution >= 4 is 17.3 Å². The van der Waals surface area contributed by atoms with Gasteiger partial charge in [-0.25, -0.2) is 4.39 Å². The Kier molecular flexibility index (Phi) is 3.19. The zero-order valence-electron chi connectivity index (χ0n) is 7.33. The fraction of sp³-hybridized carbons (Fsp3) is 0.222. The summed E-state index contributed by atoms with van der Waals surface area (Å²) >= 11 is 4.77. The summed E-state index contributed by atoms with van der Waals surface area (Å²) in [7, 11) is 1.80. The predicted octanol–water partition coefficient (Wildman–Crippen LogP) is 1.50. The number of nitrogens with two attached hydrogens (primary N) is 1. The monoisotopic (exact) mass is 198 g/mol. The molecule has 0 aliphatic rings. The number of thiocarbonyl (C=S) groups is 1. The molecule has 0 radical (unpaired) electrons. The topological polar surface area (TPSA) is 29.3 Å². The van der Waals surface area contributed by atoms with Crippen LogP contribution in [-0.4, -0.2) is 17.1 Å². The van der Waals surface area contributed by atoms with Crippen LogP contribution in [0.15, 0.2) is 24.3 Å². The molecule has 1 aromatic rings. The highest BCUT2D eigenvalue weighted by Gasteiger charge is 2.00. The average molecular weight is 198 g/mol. The Morgan fingerprint density at radius 3 is 2.46 bits per heavy atom. The van der Waals surface area contributed by atoms with E-state index in [1.807, 2.05) is 0 Å². The minimum absolute atomic E-state index is 0.235. The first-order chi connectivity index (χ1) is 6.09. The second kappa shape index (κ2) is 4.18. The van der Waals surface area contributed by atoms with E-state index in [9.17, 15) is 4.39 Å². The Hall–Kier alpha value is -1.16. The van der Waals surface area contributed by atoms with Crippen LogP contribution < -0.4 is 5.73 Å². The second-order valence-corrected chi connectivity index (χ2v) is 3.24. The molecule has 4 heteroatoms. The highest BCUT2D eigenvalue weighted by atomic mass is 32.1. The van der Waals surface area contributed by atoms with Gasteiger partial charge in [-0.15, -0.1) is 0 Å². The van der Waals surface area contributed by atoms with E-state index >= 15 is 0 Å². The molecule has 0 aliphatic carbocycles.